The average molecular weight is 396 g/mol. The molecule has 0 saturated heterocycles. The van der Waals surface area contributed by atoms with Crippen LogP contribution in [0.5, 0.6) is 11.5 Å². The van der Waals surface area contributed by atoms with Gasteiger partial charge >= 0.3 is 0 Å². The second-order valence-electron chi connectivity index (χ2n) is 9.00. The van der Waals surface area contributed by atoms with Crippen LogP contribution in [-0.2, 0) is 6.61 Å². The first-order valence-electron chi connectivity index (χ1n) is 10.5. The fraction of sp³-hybridized carbons (Fsp3) is 0.480. The van der Waals surface area contributed by atoms with Crippen LogP contribution in [0.2, 0.25) is 0 Å². The lowest BCUT2D eigenvalue weighted by atomic mass is 9.71. The first-order chi connectivity index (χ1) is 13.9. The Morgan fingerprint density at radius 1 is 0.966 bits per heavy atom. The maximum absolute atomic E-state index is 13.1. The molecule has 2 aromatic rings. The van der Waals surface area contributed by atoms with Gasteiger partial charge in [0.2, 0.25) is 0 Å². The number of ether oxygens (including phenoxy) is 2. The first-order valence-corrected chi connectivity index (χ1v) is 10.5. The highest BCUT2D eigenvalue weighted by Crippen LogP contribution is 2.38. The van der Waals surface area contributed by atoms with Gasteiger partial charge in [-0.2, -0.15) is 0 Å². The predicted octanol–water partition coefficient (Wildman–Crippen LogP) is 5.61. The van der Waals surface area contributed by atoms with E-state index < -0.39 is 0 Å². The van der Waals surface area contributed by atoms with E-state index >= 15 is 0 Å². The monoisotopic (exact) mass is 395 g/mol. The number of benzene rings is 2. The van der Waals surface area contributed by atoms with Gasteiger partial charge in [-0.15, -0.1) is 0 Å². The Morgan fingerprint density at radius 3 is 2.24 bits per heavy atom. The van der Waals surface area contributed by atoms with Crippen LogP contribution in [0.15, 0.2) is 48.5 Å². The van der Waals surface area contributed by atoms with Crippen LogP contribution in [0.25, 0.3) is 0 Å². The summed E-state index contributed by atoms with van der Waals surface area (Å²) in [5.74, 6) is 1.68. The maximum Gasteiger partial charge on any atom is 0.259 e. The Kier molecular flexibility index (Phi) is 6.83. The van der Waals surface area contributed by atoms with E-state index in [-0.39, 0.29) is 11.9 Å². The average Bonchev–Trinajstić information content (AvgIpc) is 2.72. The summed E-state index contributed by atoms with van der Waals surface area (Å²) in [5, 5.41) is 3.22. The minimum absolute atomic E-state index is 0.121. The van der Waals surface area contributed by atoms with E-state index in [0.29, 0.717) is 35.0 Å². The lowest BCUT2D eigenvalue weighted by Gasteiger charge is -2.37. The van der Waals surface area contributed by atoms with Gasteiger partial charge in [0.15, 0.2) is 0 Å². The van der Waals surface area contributed by atoms with Gasteiger partial charge in [-0.05, 0) is 54.7 Å². The largest absolute Gasteiger partial charge is 0.496 e. The summed E-state index contributed by atoms with van der Waals surface area (Å²) in [6, 6.07) is 15.6. The van der Waals surface area contributed by atoms with E-state index in [1.165, 1.54) is 0 Å². The molecule has 4 nitrogen and oxygen atoms in total. The van der Waals surface area contributed by atoms with Crippen molar-refractivity contribution < 1.29 is 14.3 Å². The highest BCUT2D eigenvalue weighted by atomic mass is 16.5. The van der Waals surface area contributed by atoms with Crippen LogP contribution < -0.4 is 14.8 Å². The quantitative estimate of drug-likeness (QED) is 0.692. The molecule has 1 aliphatic carbocycles. The van der Waals surface area contributed by atoms with Crippen LogP contribution in [-0.4, -0.2) is 19.1 Å². The summed E-state index contributed by atoms with van der Waals surface area (Å²) in [6.07, 6.45) is 4.33. The smallest absolute Gasteiger partial charge is 0.259 e. The molecule has 0 aliphatic heterocycles. The number of amides is 1. The summed E-state index contributed by atoms with van der Waals surface area (Å²) in [6.45, 7) is 7.33. The molecular weight excluding hydrogens is 362 g/mol. The third-order valence-electron chi connectivity index (χ3n) is 5.96. The predicted molar refractivity (Wildman–Crippen MR) is 116 cm³/mol. The van der Waals surface area contributed by atoms with E-state index in [1.54, 1.807) is 13.2 Å². The van der Waals surface area contributed by atoms with Gasteiger partial charge in [0.1, 0.15) is 23.7 Å². The highest BCUT2D eigenvalue weighted by Gasteiger charge is 2.31. The van der Waals surface area contributed by atoms with Gasteiger partial charge in [0.25, 0.3) is 5.91 Å². The molecule has 0 aromatic heterocycles. The summed E-state index contributed by atoms with van der Waals surface area (Å²) >= 11 is 0. The molecular formula is C25H33NO3. The van der Waals surface area contributed by atoms with Crippen molar-refractivity contribution >= 4 is 5.91 Å². The zero-order valence-corrected chi connectivity index (χ0v) is 18.0. The number of hydrogen-bond acceptors (Lipinski definition) is 3. The Labute approximate surface area is 174 Å². The first kappa shape index (κ1) is 21.2. The van der Waals surface area contributed by atoms with Crippen LogP contribution in [0.3, 0.4) is 0 Å². The summed E-state index contributed by atoms with van der Waals surface area (Å²) in [4.78, 5) is 13.1. The number of nitrogens with one attached hydrogen (secondary N) is 1. The summed E-state index contributed by atoms with van der Waals surface area (Å²) in [7, 11) is 1.58. The van der Waals surface area contributed by atoms with Crippen LogP contribution in [0.4, 0.5) is 0 Å². The lowest BCUT2D eigenvalue weighted by molar-refractivity contribution is 0.0896. The molecule has 156 valence electrons. The molecule has 4 heteroatoms. The lowest BCUT2D eigenvalue weighted by Crippen LogP contribution is -2.39. The van der Waals surface area contributed by atoms with E-state index in [9.17, 15) is 4.79 Å². The Balaban J connectivity index is 1.69. The van der Waals surface area contributed by atoms with Gasteiger partial charge in [0.05, 0.1) is 7.11 Å². The fourth-order valence-corrected chi connectivity index (χ4v) is 4.12. The van der Waals surface area contributed by atoms with Crippen molar-refractivity contribution in [3.63, 3.8) is 0 Å². The van der Waals surface area contributed by atoms with E-state index in [0.717, 1.165) is 31.2 Å². The molecule has 1 N–H and O–H groups in total. The van der Waals surface area contributed by atoms with Gasteiger partial charge in [-0.3, -0.25) is 4.79 Å². The van der Waals surface area contributed by atoms with Crippen LogP contribution in [0.1, 0.15) is 62.4 Å². The van der Waals surface area contributed by atoms with E-state index in [2.05, 4.69) is 26.1 Å². The molecule has 1 fully saturated rings. The van der Waals surface area contributed by atoms with Crippen molar-refractivity contribution in [3.8, 4) is 11.5 Å². The highest BCUT2D eigenvalue weighted by molar-refractivity contribution is 5.99. The SMILES string of the molecule is COc1cccc(OCc2ccccc2)c1C(=O)NC1CCC(C(C)(C)C)CC1. The minimum atomic E-state index is -0.121. The molecule has 1 aliphatic rings. The third kappa shape index (κ3) is 5.53. The Morgan fingerprint density at radius 2 is 1.62 bits per heavy atom. The molecule has 29 heavy (non-hydrogen) atoms. The molecule has 1 saturated carbocycles. The van der Waals surface area contributed by atoms with Gasteiger partial charge in [-0.25, -0.2) is 0 Å². The van der Waals surface area contributed by atoms with Crippen molar-refractivity contribution in [3.05, 3.63) is 59.7 Å². The zero-order chi connectivity index (χ0) is 20.9. The number of rotatable bonds is 6. The number of hydrogen-bond donors (Lipinski definition) is 1. The summed E-state index contributed by atoms with van der Waals surface area (Å²) < 4.78 is 11.5. The van der Waals surface area contributed by atoms with E-state index in [1.807, 2.05) is 42.5 Å². The summed E-state index contributed by atoms with van der Waals surface area (Å²) in [5.41, 5.74) is 1.86. The molecule has 1 amide bonds. The molecule has 0 unspecified atom stereocenters. The number of carbonyl (C=O) groups excluding carboxylic acids is 1. The normalized spacial score (nSPS) is 19.4. The minimum Gasteiger partial charge on any atom is -0.496 e. The Bertz CT molecular complexity index is 803. The van der Waals surface area contributed by atoms with Crippen LogP contribution >= 0.6 is 0 Å². The molecule has 3 rings (SSSR count). The van der Waals surface area contributed by atoms with Gasteiger partial charge in [0, 0.05) is 6.04 Å². The van der Waals surface area contributed by atoms with Crippen molar-refractivity contribution in [1.29, 1.82) is 0 Å². The fourth-order valence-electron chi connectivity index (χ4n) is 4.12. The van der Waals surface area contributed by atoms with Crippen molar-refractivity contribution in [2.45, 2.75) is 59.1 Å². The Hall–Kier alpha value is -2.49. The number of methoxy groups -OCH3 is 1. The van der Waals surface area contributed by atoms with E-state index in [4.69, 9.17) is 9.47 Å². The molecule has 0 atom stereocenters. The molecule has 0 spiro atoms. The standard InChI is InChI=1S/C25H33NO3/c1-25(2,3)19-13-15-20(16-14-19)26-24(27)23-21(28-4)11-8-12-22(23)29-17-18-9-6-5-7-10-18/h5-12,19-20H,13-17H2,1-4H3,(H,26,27). The zero-order valence-electron chi connectivity index (χ0n) is 18.0. The third-order valence-corrected chi connectivity index (χ3v) is 5.96. The topological polar surface area (TPSA) is 47.6 Å². The van der Waals surface area contributed by atoms with Crippen molar-refractivity contribution in [1.82, 2.24) is 5.32 Å². The molecule has 2 aromatic carbocycles. The van der Waals surface area contributed by atoms with Gasteiger partial charge in [-0.1, -0.05) is 57.2 Å². The van der Waals surface area contributed by atoms with Crippen molar-refractivity contribution in [2.24, 2.45) is 11.3 Å². The second kappa shape index (κ2) is 9.34. The number of carbonyl (C=O) groups is 1. The second-order valence-corrected chi connectivity index (χ2v) is 9.00. The maximum atomic E-state index is 13.1. The molecule has 0 heterocycles. The van der Waals surface area contributed by atoms with Crippen molar-refractivity contribution in [2.75, 3.05) is 7.11 Å². The molecule has 0 radical (unpaired) electrons. The van der Waals surface area contributed by atoms with Gasteiger partial charge < -0.3 is 14.8 Å². The van der Waals surface area contributed by atoms with Crippen LogP contribution in [0, 0.1) is 11.3 Å². The molecule has 0 bridgehead atoms.